The highest BCUT2D eigenvalue weighted by Gasteiger charge is 2.60. The van der Waals surface area contributed by atoms with Gasteiger partial charge in [0.15, 0.2) is 0 Å². The Morgan fingerprint density at radius 2 is 1.52 bits per heavy atom. The molecule has 0 unspecified atom stereocenters. The van der Waals surface area contributed by atoms with E-state index in [0.717, 1.165) is 23.1 Å². The van der Waals surface area contributed by atoms with Gasteiger partial charge in [0, 0.05) is 17.0 Å². The third kappa shape index (κ3) is 3.87. The average Bonchev–Trinajstić information content (AvgIpc) is 3.60. The Labute approximate surface area is 182 Å². The summed E-state index contributed by atoms with van der Waals surface area (Å²) in [4.78, 5) is 13.1. The van der Waals surface area contributed by atoms with Crippen molar-refractivity contribution in [3.63, 3.8) is 0 Å². The number of rotatable bonds is 8. The molecule has 0 spiro atoms. The van der Waals surface area contributed by atoms with Gasteiger partial charge in [0.25, 0.3) is 0 Å². The van der Waals surface area contributed by atoms with E-state index in [-0.39, 0.29) is 17.2 Å². The average molecular weight is 415 g/mol. The summed E-state index contributed by atoms with van der Waals surface area (Å²) in [5.41, 5.74) is 9.08. The predicted octanol–water partition coefficient (Wildman–Crippen LogP) is 4.30. The van der Waals surface area contributed by atoms with Crippen LogP contribution in [0.4, 0.5) is 0 Å². The Morgan fingerprint density at radius 3 is 2.06 bits per heavy atom. The molecule has 1 amide bonds. The molecule has 0 radical (unpaired) electrons. The molecule has 1 saturated carbocycles. The highest BCUT2D eigenvalue weighted by molar-refractivity contribution is 5.86. The van der Waals surface area contributed by atoms with E-state index in [4.69, 9.17) is 9.47 Å². The number of carbonyl (C=O) groups excluding carboxylic acids is 1. The van der Waals surface area contributed by atoms with Gasteiger partial charge in [-0.3, -0.25) is 15.6 Å². The van der Waals surface area contributed by atoms with Gasteiger partial charge in [0.05, 0.1) is 25.8 Å². The van der Waals surface area contributed by atoms with E-state index in [1.165, 1.54) is 0 Å². The minimum absolute atomic E-state index is 0.0682. The van der Waals surface area contributed by atoms with Crippen molar-refractivity contribution in [2.24, 2.45) is 5.92 Å². The molecule has 2 N–H and O–H groups in total. The number of hydrogen-bond donors (Lipinski definition) is 2. The van der Waals surface area contributed by atoms with Crippen molar-refractivity contribution in [2.75, 3.05) is 14.2 Å². The van der Waals surface area contributed by atoms with Crippen molar-refractivity contribution in [2.45, 2.75) is 11.8 Å². The summed E-state index contributed by atoms with van der Waals surface area (Å²) in [7, 11) is 3.19. The SMILES string of the molecule is C=C(NNC(=O)[C@@H]1CC1(c1ccccc1)c1ccccc1)c1ccc(OC)cc1OC. The monoisotopic (exact) mass is 414 g/mol. The second-order valence-electron chi connectivity index (χ2n) is 7.62. The van der Waals surface area contributed by atoms with E-state index < -0.39 is 0 Å². The van der Waals surface area contributed by atoms with E-state index in [2.05, 4.69) is 41.7 Å². The van der Waals surface area contributed by atoms with Crippen molar-refractivity contribution in [3.8, 4) is 11.5 Å². The molecule has 4 rings (SSSR count). The van der Waals surface area contributed by atoms with Gasteiger partial charge in [-0.15, -0.1) is 0 Å². The molecule has 1 atom stereocenters. The van der Waals surface area contributed by atoms with Crippen LogP contribution in [0.25, 0.3) is 5.70 Å². The number of amides is 1. The first-order valence-corrected chi connectivity index (χ1v) is 10.2. The highest BCUT2D eigenvalue weighted by Crippen LogP contribution is 2.58. The van der Waals surface area contributed by atoms with Gasteiger partial charge in [-0.05, 0) is 29.7 Å². The standard InChI is InChI=1S/C26H26N2O3/c1-18(22-15-14-21(30-2)16-24(22)31-3)27-28-25(29)23-17-26(23,19-10-6-4-7-11-19)20-12-8-5-9-13-20/h4-16,23,27H,1,17H2,2-3H3,(H,28,29)/t23-/m0/s1. The van der Waals surface area contributed by atoms with Crippen molar-refractivity contribution in [1.29, 1.82) is 0 Å². The maximum atomic E-state index is 13.1. The van der Waals surface area contributed by atoms with Gasteiger partial charge in [-0.1, -0.05) is 67.2 Å². The fourth-order valence-electron chi connectivity index (χ4n) is 4.19. The van der Waals surface area contributed by atoms with Crippen LogP contribution in [0, 0.1) is 5.92 Å². The van der Waals surface area contributed by atoms with E-state index in [9.17, 15) is 4.79 Å². The lowest BCUT2D eigenvalue weighted by atomic mass is 9.85. The number of hydrazine groups is 1. The number of hydrogen-bond acceptors (Lipinski definition) is 4. The van der Waals surface area contributed by atoms with Gasteiger partial charge >= 0.3 is 0 Å². The maximum Gasteiger partial charge on any atom is 0.242 e. The highest BCUT2D eigenvalue weighted by atomic mass is 16.5. The van der Waals surface area contributed by atoms with Crippen molar-refractivity contribution in [1.82, 2.24) is 10.9 Å². The van der Waals surface area contributed by atoms with Crippen LogP contribution in [0.3, 0.4) is 0 Å². The fraction of sp³-hybridized carbons (Fsp3) is 0.192. The lowest BCUT2D eigenvalue weighted by Gasteiger charge is -2.20. The first-order chi connectivity index (χ1) is 15.1. The minimum Gasteiger partial charge on any atom is -0.497 e. The van der Waals surface area contributed by atoms with E-state index >= 15 is 0 Å². The van der Waals surface area contributed by atoms with Gasteiger partial charge in [0.1, 0.15) is 11.5 Å². The zero-order chi connectivity index (χ0) is 21.8. The van der Waals surface area contributed by atoms with Crippen LogP contribution in [0.1, 0.15) is 23.1 Å². The predicted molar refractivity (Wildman–Crippen MR) is 122 cm³/mol. The summed E-state index contributed by atoms with van der Waals surface area (Å²) >= 11 is 0. The summed E-state index contributed by atoms with van der Waals surface area (Å²) in [5.74, 6) is 1.06. The minimum atomic E-state index is -0.312. The zero-order valence-corrected chi connectivity index (χ0v) is 17.7. The molecule has 158 valence electrons. The Balaban J connectivity index is 1.50. The molecule has 1 fully saturated rings. The largest absolute Gasteiger partial charge is 0.497 e. The Hall–Kier alpha value is -3.73. The molecule has 1 aliphatic carbocycles. The number of benzene rings is 3. The quantitative estimate of drug-likeness (QED) is 0.540. The smallest absolute Gasteiger partial charge is 0.242 e. The third-order valence-electron chi connectivity index (χ3n) is 5.93. The van der Waals surface area contributed by atoms with Crippen molar-refractivity contribution in [3.05, 3.63) is 102 Å². The maximum absolute atomic E-state index is 13.1. The number of carbonyl (C=O) groups is 1. The van der Waals surface area contributed by atoms with Crippen LogP contribution in [0.5, 0.6) is 11.5 Å². The third-order valence-corrected chi connectivity index (χ3v) is 5.93. The second-order valence-corrected chi connectivity index (χ2v) is 7.62. The molecule has 31 heavy (non-hydrogen) atoms. The topological polar surface area (TPSA) is 59.6 Å². The van der Waals surface area contributed by atoms with Gasteiger partial charge in [0.2, 0.25) is 5.91 Å². The molecule has 3 aromatic rings. The number of nitrogens with one attached hydrogen (secondary N) is 2. The van der Waals surface area contributed by atoms with E-state index in [0.29, 0.717) is 17.2 Å². The summed E-state index contributed by atoms with van der Waals surface area (Å²) in [6.45, 7) is 4.05. The molecular weight excluding hydrogens is 388 g/mol. The fourth-order valence-corrected chi connectivity index (χ4v) is 4.19. The molecule has 3 aromatic carbocycles. The lowest BCUT2D eigenvalue weighted by Crippen LogP contribution is -2.38. The molecule has 5 nitrogen and oxygen atoms in total. The zero-order valence-electron chi connectivity index (χ0n) is 17.7. The van der Waals surface area contributed by atoms with Crippen LogP contribution < -0.4 is 20.3 Å². The number of ether oxygens (including phenoxy) is 2. The van der Waals surface area contributed by atoms with Crippen LogP contribution in [0.15, 0.2) is 85.4 Å². The normalized spacial score (nSPS) is 16.1. The summed E-state index contributed by atoms with van der Waals surface area (Å²) in [6, 6.07) is 25.9. The lowest BCUT2D eigenvalue weighted by molar-refractivity contribution is -0.123. The second kappa shape index (κ2) is 8.56. The Bertz CT molecular complexity index is 1040. The first-order valence-electron chi connectivity index (χ1n) is 10.2. The summed E-state index contributed by atoms with van der Waals surface area (Å²) in [6.07, 6.45) is 0.757. The van der Waals surface area contributed by atoms with E-state index in [1.54, 1.807) is 20.3 Å². The van der Waals surface area contributed by atoms with Crippen molar-refractivity contribution >= 4 is 11.6 Å². The molecule has 5 heteroatoms. The first kappa shape index (κ1) is 20.5. The van der Waals surface area contributed by atoms with Gasteiger partial charge in [-0.2, -0.15) is 0 Å². The summed E-state index contributed by atoms with van der Waals surface area (Å²) in [5, 5.41) is 0. The molecule has 0 aromatic heterocycles. The number of methoxy groups -OCH3 is 2. The van der Waals surface area contributed by atoms with Gasteiger partial charge in [-0.25, -0.2) is 0 Å². The van der Waals surface area contributed by atoms with E-state index in [1.807, 2.05) is 48.5 Å². The Kier molecular flexibility index (Phi) is 5.67. The molecular formula is C26H26N2O3. The molecule has 0 aliphatic heterocycles. The van der Waals surface area contributed by atoms with Gasteiger partial charge < -0.3 is 9.47 Å². The molecule has 0 heterocycles. The van der Waals surface area contributed by atoms with Crippen LogP contribution >= 0.6 is 0 Å². The van der Waals surface area contributed by atoms with Crippen LogP contribution in [-0.2, 0) is 10.2 Å². The van der Waals surface area contributed by atoms with Crippen molar-refractivity contribution < 1.29 is 14.3 Å². The van der Waals surface area contributed by atoms with Crippen LogP contribution in [-0.4, -0.2) is 20.1 Å². The molecule has 0 saturated heterocycles. The Morgan fingerprint density at radius 1 is 0.903 bits per heavy atom. The summed E-state index contributed by atoms with van der Waals surface area (Å²) < 4.78 is 10.7. The molecule has 0 bridgehead atoms. The molecule has 1 aliphatic rings. The van der Waals surface area contributed by atoms with Crippen LogP contribution in [0.2, 0.25) is 0 Å².